The maximum Gasteiger partial charge on any atom is 0.308 e. The first-order valence-electron chi connectivity index (χ1n) is 8.41. The standard InChI is InChI=1S/C18H23N3O3/c1-12-9-10-21(19-12)16-7-5-14(6-8-16)17(22)20-11-15(18(23)24)4-3-13(20)2/h5-8,13,15H,3-4,9-11H2,1-2H3,(H,23,24). The van der Waals surface area contributed by atoms with Crippen LogP contribution in [0.1, 0.15) is 43.5 Å². The number of hydrogen-bond donors (Lipinski definition) is 1. The zero-order chi connectivity index (χ0) is 17.3. The quantitative estimate of drug-likeness (QED) is 0.925. The average molecular weight is 329 g/mol. The molecule has 128 valence electrons. The van der Waals surface area contributed by atoms with Crippen molar-refractivity contribution in [3.8, 4) is 0 Å². The van der Waals surface area contributed by atoms with Gasteiger partial charge >= 0.3 is 5.97 Å². The van der Waals surface area contributed by atoms with Crippen molar-refractivity contribution in [3.63, 3.8) is 0 Å². The Morgan fingerprint density at radius 2 is 1.92 bits per heavy atom. The van der Waals surface area contributed by atoms with Crippen LogP contribution >= 0.6 is 0 Å². The first kappa shape index (κ1) is 16.5. The SMILES string of the molecule is CC1=NN(c2ccc(C(=O)N3CC(C(=O)O)CCC3C)cc2)CC1. The van der Waals surface area contributed by atoms with E-state index in [-0.39, 0.29) is 18.5 Å². The smallest absolute Gasteiger partial charge is 0.308 e. The van der Waals surface area contributed by atoms with Gasteiger partial charge in [-0.3, -0.25) is 14.6 Å². The lowest BCUT2D eigenvalue weighted by molar-refractivity contribution is -0.143. The molecule has 0 radical (unpaired) electrons. The molecule has 0 aromatic heterocycles. The molecule has 24 heavy (non-hydrogen) atoms. The molecule has 2 aliphatic rings. The summed E-state index contributed by atoms with van der Waals surface area (Å²) >= 11 is 0. The summed E-state index contributed by atoms with van der Waals surface area (Å²) in [5, 5.41) is 15.6. The molecular weight excluding hydrogens is 306 g/mol. The summed E-state index contributed by atoms with van der Waals surface area (Å²) in [7, 11) is 0. The molecule has 1 amide bonds. The number of nitrogens with zero attached hydrogens (tertiary/aromatic N) is 3. The summed E-state index contributed by atoms with van der Waals surface area (Å²) < 4.78 is 0. The maximum atomic E-state index is 12.8. The average Bonchev–Trinajstić information content (AvgIpc) is 3.01. The largest absolute Gasteiger partial charge is 0.481 e. The first-order chi connectivity index (χ1) is 11.5. The second kappa shape index (κ2) is 6.63. The van der Waals surface area contributed by atoms with Gasteiger partial charge in [0.05, 0.1) is 11.6 Å². The first-order valence-corrected chi connectivity index (χ1v) is 8.41. The number of benzene rings is 1. The topological polar surface area (TPSA) is 73.2 Å². The number of hydrazone groups is 1. The molecule has 1 N–H and O–H groups in total. The Bertz CT molecular complexity index is 669. The third-order valence-corrected chi connectivity index (χ3v) is 4.88. The van der Waals surface area contributed by atoms with E-state index in [1.54, 1.807) is 17.0 Å². The van der Waals surface area contributed by atoms with Crippen molar-refractivity contribution in [3.05, 3.63) is 29.8 Å². The number of amides is 1. The van der Waals surface area contributed by atoms with Gasteiger partial charge < -0.3 is 10.0 Å². The van der Waals surface area contributed by atoms with Crippen molar-refractivity contribution in [1.29, 1.82) is 0 Å². The van der Waals surface area contributed by atoms with E-state index in [9.17, 15) is 14.7 Å². The fourth-order valence-electron chi connectivity index (χ4n) is 3.29. The molecule has 0 bridgehead atoms. The lowest BCUT2D eigenvalue weighted by Crippen LogP contribution is -2.47. The Hall–Kier alpha value is -2.37. The Morgan fingerprint density at radius 3 is 2.50 bits per heavy atom. The number of aliphatic carboxylic acids is 1. The third kappa shape index (κ3) is 3.27. The molecule has 0 aliphatic carbocycles. The van der Waals surface area contributed by atoms with Crippen molar-refractivity contribution in [2.75, 3.05) is 18.1 Å². The molecule has 2 aliphatic heterocycles. The van der Waals surface area contributed by atoms with E-state index in [0.29, 0.717) is 12.0 Å². The van der Waals surface area contributed by atoms with Gasteiger partial charge in [0.15, 0.2) is 0 Å². The summed E-state index contributed by atoms with van der Waals surface area (Å²) in [5.41, 5.74) is 2.67. The molecule has 0 saturated carbocycles. The van der Waals surface area contributed by atoms with Gasteiger partial charge in [0.25, 0.3) is 5.91 Å². The highest BCUT2D eigenvalue weighted by atomic mass is 16.4. The lowest BCUT2D eigenvalue weighted by atomic mass is 9.93. The molecule has 1 aromatic rings. The summed E-state index contributed by atoms with van der Waals surface area (Å²) in [4.78, 5) is 25.7. The zero-order valence-electron chi connectivity index (χ0n) is 14.1. The molecule has 1 saturated heterocycles. The van der Waals surface area contributed by atoms with Crippen molar-refractivity contribution < 1.29 is 14.7 Å². The molecule has 3 rings (SSSR count). The Labute approximate surface area is 141 Å². The highest BCUT2D eigenvalue weighted by Gasteiger charge is 2.33. The van der Waals surface area contributed by atoms with Crippen LogP contribution in [-0.2, 0) is 4.79 Å². The van der Waals surface area contributed by atoms with Gasteiger partial charge in [-0.2, -0.15) is 5.10 Å². The van der Waals surface area contributed by atoms with Crippen molar-refractivity contribution >= 4 is 23.3 Å². The van der Waals surface area contributed by atoms with Crippen LogP contribution in [0.2, 0.25) is 0 Å². The molecular formula is C18H23N3O3. The van der Waals surface area contributed by atoms with E-state index in [4.69, 9.17) is 0 Å². The second-order valence-electron chi connectivity index (χ2n) is 6.67. The van der Waals surface area contributed by atoms with Crippen LogP contribution in [0.4, 0.5) is 5.69 Å². The number of hydrogen-bond acceptors (Lipinski definition) is 4. The molecule has 0 spiro atoms. The van der Waals surface area contributed by atoms with Crippen LogP contribution < -0.4 is 5.01 Å². The Morgan fingerprint density at radius 1 is 1.21 bits per heavy atom. The van der Waals surface area contributed by atoms with Crippen LogP contribution in [0.25, 0.3) is 0 Å². The summed E-state index contributed by atoms with van der Waals surface area (Å²) in [6.07, 6.45) is 2.32. The highest BCUT2D eigenvalue weighted by molar-refractivity contribution is 5.95. The minimum Gasteiger partial charge on any atom is -0.481 e. The molecule has 2 unspecified atom stereocenters. The molecule has 6 nitrogen and oxygen atoms in total. The van der Waals surface area contributed by atoms with Crippen LogP contribution in [0.3, 0.4) is 0 Å². The van der Waals surface area contributed by atoms with Crippen LogP contribution in [0, 0.1) is 5.92 Å². The predicted molar refractivity (Wildman–Crippen MR) is 92.4 cm³/mol. The van der Waals surface area contributed by atoms with E-state index in [0.717, 1.165) is 30.8 Å². The van der Waals surface area contributed by atoms with Gasteiger partial charge in [0, 0.05) is 36.8 Å². The second-order valence-corrected chi connectivity index (χ2v) is 6.67. The van der Waals surface area contributed by atoms with Gasteiger partial charge in [0.1, 0.15) is 0 Å². The van der Waals surface area contributed by atoms with E-state index in [2.05, 4.69) is 5.10 Å². The Balaban J connectivity index is 1.73. The molecule has 1 fully saturated rings. The number of carbonyl (C=O) groups is 2. The van der Waals surface area contributed by atoms with Crippen molar-refractivity contribution in [2.24, 2.45) is 11.0 Å². The zero-order valence-corrected chi connectivity index (χ0v) is 14.1. The lowest BCUT2D eigenvalue weighted by Gasteiger charge is -2.36. The number of carbonyl (C=O) groups excluding carboxylic acids is 1. The van der Waals surface area contributed by atoms with Crippen LogP contribution in [0.15, 0.2) is 29.4 Å². The molecule has 2 atom stereocenters. The third-order valence-electron chi connectivity index (χ3n) is 4.88. The molecule has 6 heteroatoms. The van der Waals surface area contributed by atoms with E-state index >= 15 is 0 Å². The summed E-state index contributed by atoms with van der Waals surface area (Å²) in [6, 6.07) is 7.48. The predicted octanol–water partition coefficient (Wildman–Crippen LogP) is 2.60. The molecule has 2 heterocycles. The van der Waals surface area contributed by atoms with E-state index in [1.165, 1.54) is 0 Å². The van der Waals surface area contributed by atoms with Crippen LogP contribution in [-0.4, -0.2) is 46.7 Å². The summed E-state index contributed by atoms with van der Waals surface area (Å²) in [5.74, 6) is -1.38. The number of anilines is 1. The normalized spacial score (nSPS) is 24.0. The minimum atomic E-state index is -0.822. The minimum absolute atomic E-state index is 0.0682. The van der Waals surface area contributed by atoms with Gasteiger partial charge in [0.2, 0.25) is 0 Å². The van der Waals surface area contributed by atoms with E-state index < -0.39 is 11.9 Å². The van der Waals surface area contributed by atoms with Gasteiger partial charge in [-0.05, 0) is 51.0 Å². The fourth-order valence-corrected chi connectivity index (χ4v) is 3.29. The summed E-state index contributed by atoms with van der Waals surface area (Å²) in [6.45, 7) is 5.13. The number of carboxylic acid groups (broad SMARTS) is 1. The number of carboxylic acids is 1. The number of rotatable bonds is 3. The number of piperidine rings is 1. The molecule has 1 aromatic carbocycles. The Kier molecular flexibility index (Phi) is 4.55. The van der Waals surface area contributed by atoms with Crippen molar-refractivity contribution in [1.82, 2.24) is 4.90 Å². The highest BCUT2D eigenvalue weighted by Crippen LogP contribution is 2.25. The van der Waals surface area contributed by atoms with Gasteiger partial charge in [-0.25, -0.2) is 0 Å². The fraction of sp³-hybridized carbons (Fsp3) is 0.500. The van der Waals surface area contributed by atoms with E-state index in [1.807, 2.05) is 31.0 Å². The maximum absolute atomic E-state index is 12.8. The number of likely N-dealkylation sites (tertiary alicyclic amines) is 1. The van der Waals surface area contributed by atoms with Gasteiger partial charge in [-0.15, -0.1) is 0 Å². The monoisotopic (exact) mass is 329 g/mol. The van der Waals surface area contributed by atoms with Crippen LogP contribution in [0.5, 0.6) is 0 Å². The van der Waals surface area contributed by atoms with Gasteiger partial charge in [-0.1, -0.05) is 0 Å². The van der Waals surface area contributed by atoms with Crippen molar-refractivity contribution in [2.45, 2.75) is 39.2 Å².